The van der Waals surface area contributed by atoms with Crippen LogP contribution < -0.4 is 10.5 Å². The molecule has 124 valence electrons. The van der Waals surface area contributed by atoms with Gasteiger partial charge < -0.3 is 20.4 Å². The van der Waals surface area contributed by atoms with Crippen molar-refractivity contribution in [3.8, 4) is 6.07 Å². The number of carbonyl (C=O) groups is 2. The van der Waals surface area contributed by atoms with E-state index in [0.717, 1.165) is 23.7 Å². The zero-order valence-electron chi connectivity index (χ0n) is 12.6. The zero-order chi connectivity index (χ0) is 17.7. The summed E-state index contributed by atoms with van der Waals surface area (Å²) in [6, 6.07) is 4.49. The monoisotopic (exact) mass is 347 g/mol. The number of carbonyl (C=O) groups excluding carboxylic acids is 2. The van der Waals surface area contributed by atoms with Crippen molar-refractivity contribution in [1.82, 2.24) is 0 Å². The van der Waals surface area contributed by atoms with Gasteiger partial charge in [0.2, 0.25) is 0 Å². The fraction of sp³-hybridized carbons (Fsp3) is 0.200. The third-order valence-electron chi connectivity index (χ3n) is 2.99. The van der Waals surface area contributed by atoms with Crippen molar-refractivity contribution in [1.29, 1.82) is 5.26 Å². The maximum Gasteiger partial charge on any atom is 0.348 e. The van der Waals surface area contributed by atoms with E-state index in [9.17, 15) is 20.1 Å². The van der Waals surface area contributed by atoms with Gasteiger partial charge in [0.05, 0.1) is 17.7 Å². The first-order valence-electron chi connectivity index (χ1n) is 6.82. The van der Waals surface area contributed by atoms with E-state index in [2.05, 4.69) is 0 Å². The van der Waals surface area contributed by atoms with Crippen molar-refractivity contribution in [2.24, 2.45) is 0 Å². The molecule has 0 aliphatic carbocycles. The van der Waals surface area contributed by atoms with Gasteiger partial charge in [-0.15, -0.1) is 11.3 Å². The first-order valence-corrected chi connectivity index (χ1v) is 7.63. The van der Waals surface area contributed by atoms with Crippen LogP contribution in [0.3, 0.4) is 0 Å². The second-order valence-electron chi connectivity index (χ2n) is 4.50. The molecule has 2 aromatic heterocycles. The first kappa shape index (κ1) is 17.2. The maximum atomic E-state index is 12.0. The average Bonchev–Trinajstić information content (AvgIpc) is 2.89. The van der Waals surface area contributed by atoms with Crippen LogP contribution in [0.5, 0.6) is 0 Å². The minimum atomic E-state index is -0.695. The third kappa shape index (κ3) is 3.61. The van der Waals surface area contributed by atoms with E-state index in [1.165, 1.54) is 12.1 Å². The number of rotatable bonds is 5. The summed E-state index contributed by atoms with van der Waals surface area (Å²) in [5.41, 5.74) is 6.19. The highest BCUT2D eigenvalue weighted by Crippen LogP contribution is 2.32. The molecular formula is C15H13N3O5S. The van der Waals surface area contributed by atoms with Gasteiger partial charge in [0.15, 0.2) is 12.4 Å². The van der Waals surface area contributed by atoms with Crippen molar-refractivity contribution in [3.05, 3.63) is 51.3 Å². The first-order chi connectivity index (χ1) is 11.5. The summed E-state index contributed by atoms with van der Waals surface area (Å²) < 4.78 is 10.6. The number of thiophene rings is 1. The number of hydrogen-bond donors (Lipinski definition) is 1. The van der Waals surface area contributed by atoms with Crippen molar-refractivity contribution < 1.29 is 23.8 Å². The quantitative estimate of drug-likeness (QED) is 0.491. The van der Waals surface area contributed by atoms with Crippen molar-refractivity contribution in [3.63, 3.8) is 0 Å². The lowest BCUT2D eigenvalue weighted by molar-refractivity contribution is -0.605. The molecule has 0 bridgehead atoms. The Morgan fingerprint density at radius 2 is 2.00 bits per heavy atom. The van der Waals surface area contributed by atoms with Crippen LogP contribution in [-0.2, 0) is 16.1 Å². The van der Waals surface area contributed by atoms with E-state index in [4.69, 9.17) is 15.2 Å². The second-order valence-corrected chi connectivity index (χ2v) is 5.56. The Morgan fingerprint density at radius 1 is 1.33 bits per heavy atom. The SMILES string of the molecule is CCOC(=O)c1sc(N)c(C#N)c1COC(=O)c1cc[n+]([O-])cc1. The number of nitriles is 1. The van der Waals surface area contributed by atoms with Crippen LogP contribution in [0, 0.1) is 16.5 Å². The van der Waals surface area contributed by atoms with E-state index in [-0.39, 0.29) is 39.8 Å². The summed E-state index contributed by atoms with van der Waals surface area (Å²) in [7, 11) is 0. The molecule has 0 saturated heterocycles. The predicted molar refractivity (Wildman–Crippen MR) is 83.9 cm³/mol. The van der Waals surface area contributed by atoms with Gasteiger partial charge in [-0.1, -0.05) is 0 Å². The topological polar surface area (TPSA) is 129 Å². The maximum absolute atomic E-state index is 12.0. The molecule has 2 rings (SSSR count). The fourth-order valence-corrected chi connectivity index (χ4v) is 2.79. The standard InChI is InChI=1S/C15H13N3O5S/c1-2-22-15(20)12-11(10(7-16)13(17)24-12)8-23-14(19)9-3-5-18(21)6-4-9/h3-6H,2,8,17H2,1H3. The Hall–Kier alpha value is -3.12. The van der Waals surface area contributed by atoms with Crippen LogP contribution in [0.25, 0.3) is 0 Å². The van der Waals surface area contributed by atoms with Crippen LogP contribution in [0.4, 0.5) is 5.00 Å². The number of hydrogen-bond acceptors (Lipinski definition) is 8. The molecule has 2 aromatic rings. The van der Waals surface area contributed by atoms with Crippen molar-refractivity contribution in [2.45, 2.75) is 13.5 Å². The molecule has 0 radical (unpaired) electrons. The summed E-state index contributed by atoms with van der Waals surface area (Å²) in [5.74, 6) is -1.33. The molecule has 0 aromatic carbocycles. The van der Waals surface area contributed by atoms with E-state index in [0.29, 0.717) is 4.73 Å². The largest absolute Gasteiger partial charge is 0.619 e. The van der Waals surface area contributed by atoms with Gasteiger partial charge in [0.1, 0.15) is 22.6 Å². The van der Waals surface area contributed by atoms with Crippen molar-refractivity contribution in [2.75, 3.05) is 12.3 Å². The number of aromatic nitrogens is 1. The summed E-state index contributed by atoms with van der Waals surface area (Å²) in [6.07, 6.45) is 2.31. The molecular weight excluding hydrogens is 334 g/mol. The van der Waals surface area contributed by atoms with Gasteiger partial charge in [0.25, 0.3) is 0 Å². The molecule has 0 aliphatic heterocycles. The number of esters is 2. The van der Waals surface area contributed by atoms with Gasteiger partial charge >= 0.3 is 11.9 Å². The molecule has 8 nitrogen and oxygen atoms in total. The number of anilines is 1. The van der Waals surface area contributed by atoms with E-state index >= 15 is 0 Å². The zero-order valence-corrected chi connectivity index (χ0v) is 13.5. The average molecular weight is 347 g/mol. The Balaban J connectivity index is 2.22. The Bertz CT molecular complexity index is 808. The van der Waals surface area contributed by atoms with Gasteiger partial charge in [-0.05, 0) is 6.92 Å². The molecule has 0 atom stereocenters. The Kier molecular flexibility index (Phi) is 5.34. The summed E-state index contributed by atoms with van der Waals surface area (Å²) in [4.78, 5) is 24.1. The van der Waals surface area contributed by atoms with E-state index < -0.39 is 11.9 Å². The van der Waals surface area contributed by atoms with E-state index in [1.807, 2.05) is 6.07 Å². The Labute approximate surface area is 141 Å². The highest BCUT2D eigenvalue weighted by molar-refractivity contribution is 7.18. The minimum absolute atomic E-state index is 0.0846. The fourth-order valence-electron chi connectivity index (χ4n) is 1.88. The molecule has 0 aliphatic rings. The molecule has 0 unspecified atom stereocenters. The molecule has 0 amide bonds. The van der Waals surface area contributed by atoms with Gasteiger partial charge in [-0.2, -0.15) is 9.99 Å². The smallest absolute Gasteiger partial charge is 0.348 e. The minimum Gasteiger partial charge on any atom is -0.619 e. The summed E-state index contributed by atoms with van der Waals surface area (Å²) >= 11 is 0.908. The normalized spacial score (nSPS) is 10.0. The third-order valence-corrected chi connectivity index (χ3v) is 4.03. The Morgan fingerprint density at radius 3 is 2.58 bits per heavy atom. The molecule has 0 fully saturated rings. The summed E-state index contributed by atoms with van der Waals surface area (Å²) in [6.45, 7) is 1.50. The van der Waals surface area contributed by atoms with Crippen LogP contribution in [0.2, 0.25) is 0 Å². The van der Waals surface area contributed by atoms with Crippen LogP contribution in [-0.4, -0.2) is 18.5 Å². The van der Waals surface area contributed by atoms with Gasteiger partial charge in [-0.25, -0.2) is 9.59 Å². The lowest BCUT2D eigenvalue weighted by Crippen LogP contribution is -2.24. The molecule has 24 heavy (non-hydrogen) atoms. The van der Waals surface area contributed by atoms with Crippen LogP contribution in [0.15, 0.2) is 24.5 Å². The van der Waals surface area contributed by atoms with Crippen molar-refractivity contribution >= 4 is 28.3 Å². The number of pyridine rings is 1. The predicted octanol–water partition coefficient (Wildman–Crippen LogP) is 1.37. The molecule has 2 N–H and O–H groups in total. The number of nitrogens with two attached hydrogens (primary N) is 1. The number of nitrogen functional groups attached to an aromatic ring is 1. The molecule has 0 saturated carbocycles. The van der Waals surface area contributed by atoms with Gasteiger partial charge in [-0.3, -0.25) is 0 Å². The highest BCUT2D eigenvalue weighted by Gasteiger charge is 2.24. The molecule has 0 spiro atoms. The molecule has 2 heterocycles. The highest BCUT2D eigenvalue weighted by atomic mass is 32.1. The molecule has 9 heteroatoms. The van der Waals surface area contributed by atoms with Crippen LogP contribution in [0.1, 0.15) is 38.1 Å². The van der Waals surface area contributed by atoms with Crippen LogP contribution >= 0.6 is 11.3 Å². The second kappa shape index (κ2) is 7.43. The lowest BCUT2D eigenvalue weighted by Gasteiger charge is -2.06. The van der Waals surface area contributed by atoms with E-state index in [1.54, 1.807) is 6.92 Å². The summed E-state index contributed by atoms with van der Waals surface area (Å²) in [5, 5.41) is 20.3. The number of nitrogens with zero attached hydrogens (tertiary/aromatic N) is 2. The van der Waals surface area contributed by atoms with Gasteiger partial charge in [0, 0.05) is 17.7 Å². The number of ether oxygens (including phenoxy) is 2. The lowest BCUT2D eigenvalue weighted by atomic mass is 10.1.